The van der Waals surface area contributed by atoms with Crippen LogP contribution in [0.4, 0.5) is 0 Å². The van der Waals surface area contributed by atoms with Crippen LogP contribution in [-0.2, 0) is 0 Å². The molecule has 2 amide bonds. The van der Waals surface area contributed by atoms with E-state index in [1.807, 2.05) is 12.1 Å². The average molecular weight is 352 g/mol. The molecular weight excluding hydrogens is 328 g/mol. The highest BCUT2D eigenvalue weighted by Crippen LogP contribution is 2.27. The van der Waals surface area contributed by atoms with E-state index in [1.165, 1.54) is 0 Å². The van der Waals surface area contributed by atoms with E-state index in [2.05, 4.69) is 9.97 Å². The molecule has 1 fully saturated rings. The molecule has 2 aromatic rings. The summed E-state index contributed by atoms with van der Waals surface area (Å²) in [5.41, 5.74) is 0.857. The number of hydrogen-bond acceptors (Lipinski definition) is 4. The molecule has 26 heavy (non-hydrogen) atoms. The number of pyridine rings is 2. The van der Waals surface area contributed by atoms with E-state index < -0.39 is 0 Å². The maximum atomic E-state index is 12.8. The van der Waals surface area contributed by atoms with Crippen LogP contribution >= 0.6 is 0 Å². The van der Waals surface area contributed by atoms with Crippen LogP contribution < -0.4 is 0 Å². The van der Waals surface area contributed by atoms with Crippen molar-refractivity contribution < 1.29 is 9.59 Å². The van der Waals surface area contributed by atoms with Gasteiger partial charge in [-0.2, -0.15) is 0 Å². The van der Waals surface area contributed by atoms with Gasteiger partial charge in [0.2, 0.25) is 0 Å². The fraction of sp³-hybridized carbons (Fsp3) is 0.400. The lowest BCUT2D eigenvalue weighted by Crippen LogP contribution is -2.54. The molecule has 1 saturated carbocycles. The minimum atomic E-state index is -0.110. The van der Waals surface area contributed by atoms with Crippen molar-refractivity contribution in [3.63, 3.8) is 0 Å². The number of rotatable bonds is 4. The van der Waals surface area contributed by atoms with Gasteiger partial charge in [-0.25, -0.2) is 0 Å². The second kappa shape index (κ2) is 8.08. The molecule has 6 nitrogen and oxygen atoms in total. The minimum Gasteiger partial charge on any atom is -0.335 e. The van der Waals surface area contributed by atoms with Crippen LogP contribution in [-0.4, -0.2) is 57.8 Å². The lowest BCUT2D eigenvalue weighted by Gasteiger charge is -2.42. The number of hydrogen-bond donors (Lipinski definition) is 0. The van der Waals surface area contributed by atoms with Gasteiger partial charge in [-0.1, -0.05) is 25.0 Å². The molecule has 0 unspecified atom stereocenters. The fourth-order valence-electron chi connectivity index (χ4n) is 3.64. The zero-order valence-electron chi connectivity index (χ0n) is 15.2. The third kappa shape index (κ3) is 3.74. The van der Waals surface area contributed by atoms with E-state index in [4.69, 9.17) is 0 Å². The topological polar surface area (TPSA) is 66.4 Å². The van der Waals surface area contributed by atoms with Crippen molar-refractivity contribution in [2.45, 2.75) is 37.8 Å². The Kier molecular flexibility index (Phi) is 5.61. The van der Waals surface area contributed by atoms with Gasteiger partial charge in [0.05, 0.1) is 12.1 Å². The Balaban J connectivity index is 1.79. The first-order valence-electron chi connectivity index (χ1n) is 8.96. The Labute approximate surface area is 153 Å². The van der Waals surface area contributed by atoms with Gasteiger partial charge in [0.25, 0.3) is 11.8 Å². The Morgan fingerprint density at radius 1 is 0.808 bits per heavy atom. The maximum absolute atomic E-state index is 12.8. The molecule has 1 aliphatic carbocycles. The summed E-state index contributed by atoms with van der Waals surface area (Å²) in [4.78, 5) is 37.4. The molecule has 136 valence electrons. The summed E-state index contributed by atoms with van der Waals surface area (Å²) in [6, 6.07) is 10.6. The van der Waals surface area contributed by atoms with Gasteiger partial charge in [-0.3, -0.25) is 19.6 Å². The summed E-state index contributed by atoms with van der Waals surface area (Å²) in [6.45, 7) is 0. The zero-order valence-corrected chi connectivity index (χ0v) is 15.2. The van der Waals surface area contributed by atoms with Gasteiger partial charge >= 0.3 is 0 Å². The van der Waals surface area contributed by atoms with Crippen LogP contribution in [0.3, 0.4) is 0 Å². The number of carbonyl (C=O) groups excluding carboxylic acids is 2. The first-order valence-corrected chi connectivity index (χ1v) is 8.96. The molecule has 0 aromatic carbocycles. The highest BCUT2D eigenvalue weighted by Gasteiger charge is 2.36. The van der Waals surface area contributed by atoms with E-state index in [9.17, 15) is 9.59 Å². The lowest BCUT2D eigenvalue weighted by molar-refractivity contribution is 0.0415. The molecule has 0 radical (unpaired) electrons. The van der Waals surface area contributed by atoms with Crippen molar-refractivity contribution in [1.29, 1.82) is 0 Å². The van der Waals surface area contributed by atoms with Crippen molar-refractivity contribution in [2.24, 2.45) is 0 Å². The molecule has 1 aliphatic rings. The molecule has 3 rings (SSSR count). The molecule has 2 atom stereocenters. The summed E-state index contributed by atoms with van der Waals surface area (Å²) in [7, 11) is 3.61. The highest BCUT2D eigenvalue weighted by atomic mass is 16.2. The van der Waals surface area contributed by atoms with E-state index in [1.54, 1.807) is 60.6 Å². The predicted molar refractivity (Wildman–Crippen MR) is 98.7 cm³/mol. The summed E-state index contributed by atoms with van der Waals surface area (Å²) >= 11 is 0. The van der Waals surface area contributed by atoms with Crippen LogP contribution in [0.2, 0.25) is 0 Å². The van der Waals surface area contributed by atoms with Gasteiger partial charge in [0, 0.05) is 26.5 Å². The third-order valence-corrected chi connectivity index (χ3v) is 5.10. The van der Waals surface area contributed by atoms with Gasteiger partial charge in [-0.15, -0.1) is 0 Å². The highest BCUT2D eigenvalue weighted by molar-refractivity contribution is 5.93. The normalized spacial score (nSPS) is 19.6. The molecular formula is C20H24N4O2. The number of carbonyl (C=O) groups is 2. The Morgan fingerprint density at radius 2 is 1.23 bits per heavy atom. The van der Waals surface area contributed by atoms with Crippen LogP contribution in [0.5, 0.6) is 0 Å². The second-order valence-electron chi connectivity index (χ2n) is 6.68. The smallest absolute Gasteiger partial charge is 0.272 e. The Hall–Kier alpha value is -2.76. The summed E-state index contributed by atoms with van der Waals surface area (Å²) in [5.74, 6) is -0.220. The van der Waals surface area contributed by atoms with Crippen molar-refractivity contribution in [2.75, 3.05) is 14.1 Å². The van der Waals surface area contributed by atoms with Crippen LogP contribution in [0, 0.1) is 0 Å². The first kappa shape index (κ1) is 18.0. The quantitative estimate of drug-likeness (QED) is 0.848. The van der Waals surface area contributed by atoms with Crippen molar-refractivity contribution in [1.82, 2.24) is 19.8 Å². The third-order valence-electron chi connectivity index (χ3n) is 5.10. The van der Waals surface area contributed by atoms with E-state index in [0.717, 1.165) is 25.7 Å². The van der Waals surface area contributed by atoms with Gasteiger partial charge in [0.15, 0.2) is 0 Å². The molecule has 0 spiro atoms. The SMILES string of the molecule is CN(C(=O)c1ccccn1)[C@@H]1CCCC[C@@H]1N(C)C(=O)c1ccccn1. The second-order valence-corrected chi connectivity index (χ2v) is 6.68. The molecule has 0 N–H and O–H groups in total. The number of aromatic nitrogens is 2. The van der Waals surface area contributed by atoms with E-state index in [-0.39, 0.29) is 23.9 Å². The molecule has 2 heterocycles. The van der Waals surface area contributed by atoms with Crippen LogP contribution in [0.15, 0.2) is 48.8 Å². The predicted octanol–water partition coefficient (Wildman–Crippen LogP) is 2.63. The lowest BCUT2D eigenvalue weighted by atomic mass is 9.88. The van der Waals surface area contributed by atoms with Gasteiger partial charge in [-0.05, 0) is 37.1 Å². The van der Waals surface area contributed by atoms with E-state index in [0.29, 0.717) is 11.4 Å². The van der Waals surface area contributed by atoms with E-state index >= 15 is 0 Å². The monoisotopic (exact) mass is 352 g/mol. The Morgan fingerprint density at radius 3 is 1.58 bits per heavy atom. The molecule has 0 bridgehead atoms. The molecule has 0 aliphatic heterocycles. The number of nitrogens with zero attached hydrogens (tertiary/aromatic N) is 4. The average Bonchev–Trinajstić information content (AvgIpc) is 2.73. The van der Waals surface area contributed by atoms with Crippen molar-refractivity contribution >= 4 is 11.8 Å². The number of amides is 2. The largest absolute Gasteiger partial charge is 0.335 e. The minimum absolute atomic E-state index is 0.0316. The van der Waals surface area contributed by atoms with Crippen molar-refractivity contribution in [3.05, 3.63) is 60.2 Å². The Bertz CT molecular complexity index is 685. The summed E-state index contributed by atoms with van der Waals surface area (Å²) in [5, 5.41) is 0. The fourth-order valence-corrected chi connectivity index (χ4v) is 3.64. The van der Waals surface area contributed by atoms with Gasteiger partial charge < -0.3 is 9.80 Å². The molecule has 6 heteroatoms. The van der Waals surface area contributed by atoms with Gasteiger partial charge in [0.1, 0.15) is 11.4 Å². The molecule has 0 saturated heterocycles. The standard InChI is InChI=1S/C20H24N4O2/c1-23(19(25)15-9-5-7-13-21-15)17-11-3-4-12-18(17)24(2)20(26)16-10-6-8-14-22-16/h5-10,13-14,17-18H,3-4,11-12H2,1-2H3/t17-,18+. The zero-order chi connectivity index (χ0) is 18.5. The van der Waals surface area contributed by atoms with Crippen molar-refractivity contribution in [3.8, 4) is 0 Å². The van der Waals surface area contributed by atoms with Crippen LogP contribution in [0.25, 0.3) is 0 Å². The summed E-state index contributed by atoms with van der Waals surface area (Å²) < 4.78 is 0. The number of likely N-dealkylation sites (N-methyl/N-ethyl adjacent to an activating group) is 2. The maximum Gasteiger partial charge on any atom is 0.272 e. The molecule has 2 aromatic heterocycles. The summed E-state index contributed by atoms with van der Waals surface area (Å²) in [6.07, 6.45) is 7.09. The first-order chi connectivity index (χ1) is 12.6. The van der Waals surface area contributed by atoms with Crippen LogP contribution in [0.1, 0.15) is 46.7 Å².